The van der Waals surface area contributed by atoms with Crippen molar-refractivity contribution in [3.63, 3.8) is 0 Å². The molecule has 16 nitrogen and oxygen atoms in total. The molecular weight excluding hydrogens is 547 g/mol. The topological polar surface area (TPSA) is 258 Å². The number of nitrogen functional groups attached to an aromatic ring is 1. The minimum atomic E-state index is -0.523. The largest absolute Gasteiger partial charge is 0.446 e. The Kier molecular flexibility index (Phi) is 9.83. The van der Waals surface area contributed by atoms with Gasteiger partial charge < -0.3 is 35.5 Å². The Balaban J connectivity index is 0.000000211. The second-order valence-electron chi connectivity index (χ2n) is 7.02. The van der Waals surface area contributed by atoms with Crippen LogP contribution >= 0.6 is 23.2 Å². The maximum Gasteiger partial charge on any atom is 0.275 e. The average molecular weight is 567 g/mol. The normalized spacial score (nSPS) is 10.8. The van der Waals surface area contributed by atoms with Crippen molar-refractivity contribution in [1.82, 2.24) is 29.9 Å². The molecule has 4 rings (SSSR count). The lowest BCUT2D eigenvalue weighted by Gasteiger charge is -2.05. The fourth-order valence-corrected chi connectivity index (χ4v) is 3.06. The number of hydrogen-bond acceptors (Lipinski definition) is 14. The number of hydrogen-bond donors (Lipinski definition) is 7. The van der Waals surface area contributed by atoms with Crippen LogP contribution in [0.5, 0.6) is 0 Å². The van der Waals surface area contributed by atoms with Gasteiger partial charge in [-0.1, -0.05) is 0 Å². The first-order valence-electron chi connectivity index (χ1n) is 10.4. The lowest BCUT2D eigenvalue weighted by Crippen LogP contribution is -2.18. The molecule has 0 fully saturated rings. The molecule has 18 heteroatoms. The summed E-state index contributed by atoms with van der Waals surface area (Å²) in [6.45, 7) is -0.178. The van der Waals surface area contributed by atoms with Crippen molar-refractivity contribution >= 4 is 47.0 Å². The number of anilines is 2. The number of aliphatic hydroxyl groups excluding tert-OH is 2. The minimum Gasteiger partial charge on any atom is -0.446 e. The number of rotatable bonds is 9. The molecule has 0 bridgehead atoms. The number of oxazole rings is 2. The lowest BCUT2D eigenvalue weighted by molar-refractivity contribution is 0.240. The van der Waals surface area contributed by atoms with Crippen molar-refractivity contribution in [3.05, 3.63) is 78.4 Å². The molecule has 0 atom stereocenters. The summed E-state index contributed by atoms with van der Waals surface area (Å²) in [5.74, 6) is 0.397. The second kappa shape index (κ2) is 13.2. The summed E-state index contributed by atoms with van der Waals surface area (Å²) in [6.07, 6.45) is 4.99. The van der Waals surface area contributed by atoms with Crippen LogP contribution in [0, 0.1) is 5.41 Å². The third kappa shape index (κ3) is 7.56. The Labute approximate surface area is 222 Å². The number of nitrogens with two attached hydrogens (primary N) is 1. The maximum atomic E-state index is 11.7. The van der Waals surface area contributed by atoms with E-state index in [4.69, 9.17) is 53.4 Å². The van der Waals surface area contributed by atoms with Crippen LogP contribution in [0.1, 0.15) is 34.6 Å². The molecule has 0 aliphatic rings. The number of aromatic amines is 2. The molecule has 8 N–H and O–H groups in total. The predicted octanol–water partition coefficient (Wildman–Crippen LogP) is 0.618. The van der Waals surface area contributed by atoms with Gasteiger partial charge in [0.05, 0.1) is 18.8 Å². The fraction of sp³-hybridized carbons (Fsp3) is 0.200. The number of nitrogens with one attached hydrogen (secondary N) is 4. The fourth-order valence-electron chi connectivity index (χ4n) is 2.71. The molecule has 38 heavy (non-hydrogen) atoms. The third-order valence-electron chi connectivity index (χ3n) is 4.39. The highest BCUT2D eigenvalue weighted by Crippen LogP contribution is 2.10. The molecule has 0 aromatic carbocycles. The Morgan fingerprint density at radius 1 is 0.974 bits per heavy atom. The molecule has 0 aliphatic carbocycles. The molecule has 0 unspecified atom stereocenters. The van der Waals surface area contributed by atoms with Crippen LogP contribution in [0.2, 0.25) is 10.6 Å². The smallest absolute Gasteiger partial charge is 0.275 e. The van der Waals surface area contributed by atoms with Crippen LogP contribution < -0.4 is 22.2 Å². The van der Waals surface area contributed by atoms with E-state index in [0.717, 1.165) is 6.21 Å². The molecule has 4 heterocycles. The lowest BCUT2D eigenvalue weighted by atomic mass is 10.3. The zero-order valence-corrected chi connectivity index (χ0v) is 20.7. The van der Waals surface area contributed by atoms with E-state index in [-0.39, 0.29) is 71.4 Å². The molecule has 4 aromatic rings. The first-order chi connectivity index (χ1) is 18.2. The molecule has 0 saturated heterocycles. The van der Waals surface area contributed by atoms with E-state index in [9.17, 15) is 9.59 Å². The average Bonchev–Trinajstić information content (AvgIpc) is 3.55. The van der Waals surface area contributed by atoms with Gasteiger partial charge in [0, 0.05) is 12.4 Å². The first-order valence-corrected chi connectivity index (χ1v) is 11.2. The molecule has 200 valence electrons. The summed E-state index contributed by atoms with van der Waals surface area (Å²) in [5, 5.41) is 27.4. The SMILES string of the molecule is N=Cc1nc(Cl)[nH]c(=O)c1NCc1coc(CO)n1.Nc1c(C=NCc2coc(CO)n2)nc(Cl)[nH]c1=O. The van der Waals surface area contributed by atoms with Crippen LogP contribution in [-0.4, -0.2) is 52.5 Å². The van der Waals surface area contributed by atoms with Gasteiger partial charge in [0.2, 0.25) is 22.3 Å². The zero-order chi connectivity index (χ0) is 27.7. The van der Waals surface area contributed by atoms with E-state index in [1.165, 1.54) is 18.7 Å². The number of halogens is 2. The van der Waals surface area contributed by atoms with Gasteiger partial charge in [0.25, 0.3) is 11.1 Å². The second-order valence-corrected chi connectivity index (χ2v) is 7.74. The quantitative estimate of drug-likeness (QED) is 0.108. The zero-order valence-electron chi connectivity index (χ0n) is 19.2. The highest BCUT2D eigenvalue weighted by atomic mass is 35.5. The Morgan fingerprint density at radius 2 is 1.55 bits per heavy atom. The summed E-state index contributed by atoms with van der Waals surface area (Å²) in [4.78, 5) is 47.1. The summed E-state index contributed by atoms with van der Waals surface area (Å²) < 4.78 is 9.87. The number of aliphatic imine (C=N–C) groups is 1. The standard InChI is InChI=1S/2C10H10ClN5O3/c11-10-15-6(1-12)8(9(18)16-10)13-2-5-4-19-7(3-17)14-5;11-10-15-6(8(12)9(18)16-10)2-13-1-5-4-19-7(3-17)14-5/h1,4,12-13,17H,2-3H2,(H,15,16,18);2,4,17H,1,3,12H2,(H,15,16,18). The van der Waals surface area contributed by atoms with Gasteiger partial charge >= 0.3 is 0 Å². The van der Waals surface area contributed by atoms with E-state index in [1.807, 2.05) is 0 Å². The molecular formula is C20H20Cl2N10O6. The number of H-pyrrole nitrogens is 2. The highest BCUT2D eigenvalue weighted by molar-refractivity contribution is 6.28. The molecule has 0 amide bonds. The Bertz CT molecular complexity index is 1540. The monoisotopic (exact) mass is 566 g/mol. The van der Waals surface area contributed by atoms with Gasteiger partial charge in [-0.2, -0.15) is 0 Å². The number of aromatic nitrogens is 6. The van der Waals surface area contributed by atoms with E-state index in [0.29, 0.717) is 11.4 Å². The van der Waals surface area contributed by atoms with Gasteiger partial charge in [-0.25, -0.2) is 19.9 Å². The predicted molar refractivity (Wildman–Crippen MR) is 136 cm³/mol. The van der Waals surface area contributed by atoms with E-state index in [1.54, 1.807) is 0 Å². The van der Waals surface area contributed by atoms with Crippen molar-refractivity contribution in [2.75, 3.05) is 11.1 Å². The van der Waals surface area contributed by atoms with E-state index in [2.05, 4.69) is 40.2 Å². The first kappa shape index (κ1) is 28.2. The summed E-state index contributed by atoms with van der Waals surface area (Å²) in [5.41, 5.74) is 5.93. The van der Waals surface area contributed by atoms with Crippen molar-refractivity contribution in [2.24, 2.45) is 4.99 Å². The molecule has 0 spiro atoms. The Morgan fingerprint density at radius 3 is 2.16 bits per heavy atom. The van der Waals surface area contributed by atoms with Gasteiger partial charge in [-0.15, -0.1) is 0 Å². The number of aliphatic hydroxyl groups is 2. The maximum absolute atomic E-state index is 11.7. The van der Waals surface area contributed by atoms with Gasteiger partial charge in [-0.05, 0) is 23.2 Å². The summed E-state index contributed by atoms with van der Waals surface area (Å²) in [7, 11) is 0. The minimum absolute atomic E-state index is 0.0651. The van der Waals surface area contributed by atoms with Crippen molar-refractivity contribution in [3.8, 4) is 0 Å². The summed E-state index contributed by atoms with van der Waals surface area (Å²) in [6, 6.07) is 0. The van der Waals surface area contributed by atoms with Crippen LogP contribution in [0.3, 0.4) is 0 Å². The molecule has 0 aliphatic heterocycles. The van der Waals surface area contributed by atoms with Crippen LogP contribution in [-0.2, 0) is 26.3 Å². The van der Waals surface area contributed by atoms with E-state index < -0.39 is 11.1 Å². The van der Waals surface area contributed by atoms with Gasteiger partial charge in [-0.3, -0.25) is 24.5 Å². The number of nitrogens with zero attached hydrogens (tertiary/aromatic N) is 5. The molecule has 0 saturated carbocycles. The van der Waals surface area contributed by atoms with Gasteiger partial charge in [0.15, 0.2) is 0 Å². The molecule has 0 radical (unpaired) electrons. The van der Waals surface area contributed by atoms with Gasteiger partial charge in [0.1, 0.15) is 54.2 Å². The Hall–Kier alpha value is -4.38. The van der Waals surface area contributed by atoms with Crippen molar-refractivity contribution < 1.29 is 19.0 Å². The van der Waals surface area contributed by atoms with Crippen molar-refractivity contribution in [1.29, 1.82) is 5.41 Å². The highest BCUT2D eigenvalue weighted by Gasteiger charge is 2.10. The van der Waals surface area contributed by atoms with Crippen LogP contribution in [0.25, 0.3) is 0 Å². The van der Waals surface area contributed by atoms with Crippen LogP contribution in [0.4, 0.5) is 11.4 Å². The van der Waals surface area contributed by atoms with Crippen LogP contribution in [0.15, 0.2) is 35.9 Å². The van der Waals surface area contributed by atoms with Crippen molar-refractivity contribution in [2.45, 2.75) is 26.3 Å². The summed E-state index contributed by atoms with van der Waals surface area (Å²) >= 11 is 11.2. The van der Waals surface area contributed by atoms with E-state index >= 15 is 0 Å². The molecule has 4 aromatic heterocycles. The third-order valence-corrected chi connectivity index (χ3v) is 4.75.